The molecule has 0 aliphatic carbocycles. The number of aliphatic hydroxyl groups is 1. The summed E-state index contributed by atoms with van der Waals surface area (Å²) in [6.45, 7) is -1.66. The predicted octanol–water partition coefficient (Wildman–Crippen LogP) is 3.63. The zero-order chi connectivity index (χ0) is 27.2. The van der Waals surface area contributed by atoms with Gasteiger partial charge in [-0.1, -0.05) is 6.07 Å². The quantitative estimate of drug-likeness (QED) is 0.482. The molecule has 2 aromatic carbocycles. The number of benzene rings is 2. The zero-order valence-corrected chi connectivity index (χ0v) is 21.6. The minimum atomic E-state index is -1.25. The smallest absolute Gasteiger partial charge is 0.220 e. The molecule has 3 unspecified atom stereocenters. The van der Waals surface area contributed by atoms with Crippen molar-refractivity contribution in [1.29, 1.82) is 0 Å². The van der Waals surface area contributed by atoms with Gasteiger partial charge in [-0.15, -0.1) is 0 Å². The van der Waals surface area contributed by atoms with Gasteiger partial charge in [-0.2, -0.15) is 0 Å². The molecule has 0 radical (unpaired) electrons. The van der Waals surface area contributed by atoms with Crippen molar-refractivity contribution in [1.82, 2.24) is 5.32 Å². The fourth-order valence-corrected chi connectivity index (χ4v) is 5.17. The summed E-state index contributed by atoms with van der Waals surface area (Å²) in [4.78, 5) is 27.1. The van der Waals surface area contributed by atoms with E-state index in [4.69, 9.17) is 14.2 Å². The number of hydrogen-bond acceptors (Lipinski definition) is 7. The topological polar surface area (TPSA) is 97.3 Å². The molecular formula is C28H34F2N2O6. The molecule has 2 heterocycles. The lowest BCUT2D eigenvalue weighted by Crippen LogP contribution is -2.54. The number of aliphatic hydroxyl groups excluding tert-OH is 1. The molecule has 2 aromatic rings. The zero-order valence-electron chi connectivity index (χ0n) is 21.6. The van der Waals surface area contributed by atoms with Crippen LogP contribution in [0.4, 0.5) is 14.5 Å². The van der Waals surface area contributed by atoms with Gasteiger partial charge in [0.25, 0.3) is 0 Å². The van der Waals surface area contributed by atoms with E-state index in [2.05, 4.69) is 5.32 Å². The number of Topliss-reactive ketones (excluding diaryl/α,β-unsaturated/α-hetero) is 1. The van der Waals surface area contributed by atoms with Crippen molar-refractivity contribution in [2.45, 2.75) is 50.5 Å². The lowest BCUT2D eigenvalue weighted by molar-refractivity contribution is -0.122. The molecule has 10 heteroatoms. The fourth-order valence-electron chi connectivity index (χ4n) is 5.17. The predicted molar refractivity (Wildman–Crippen MR) is 138 cm³/mol. The molecule has 1 fully saturated rings. The van der Waals surface area contributed by atoms with Crippen molar-refractivity contribution < 1.29 is 37.7 Å². The van der Waals surface area contributed by atoms with E-state index in [1.165, 1.54) is 6.07 Å². The molecule has 2 N–H and O–H groups in total. The van der Waals surface area contributed by atoms with Gasteiger partial charge in [0.2, 0.25) is 5.91 Å². The van der Waals surface area contributed by atoms with Crippen molar-refractivity contribution in [3.8, 4) is 17.2 Å². The van der Waals surface area contributed by atoms with Gasteiger partial charge in [0, 0.05) is 36.9 Å². The lowest BCUT2D eigenvalue weighted by Gasteiger charge is -2.41. The van der Waals surface area contributed by atoms with Gasteiger partial charge in [-0.3, -0.25) is 9.59 Å². The number of nitrogens with one attached hydrogen (secondary N) is 1. The van der Waals surface area contributed by atoms with Crippen LogP contribution in [0, 0.1) is 5.92 Å². The first-order valence-corrected chi connectivity index (χ1v) is 12.8. The SMILES string of the molecule is COc1ccc(CCC2CC(=O)c3cc(OC(CF)CF)ccc3N(C3CCC(=O)NC3)C2O)cc1OC. The molecule has 4 rings (SSSR count). The Labute approximate surface area is 220 Å². The first-order valence-electron chi connectivity index (χ1n) is 12.8. The molecule has 2 aliphatic heterocycles. The van der Waals surface area contributed by atoms with Gasteiger partial charge in [-0.25, -0.2) is 8.78 Å². The largest absolute Gasteiger partial charge is 0.493 e. The third kappa shape index (κ3) is 6.01. The molecule has 2 aliphatic rings. The van der Waals surface area contributed by atoms with Gasteiger partial charge in [0.05, 0.1) is 19.9 Å². The van der Waals surface area contributed by atoms with Crippen LogP contribution in [-0.4, -0.2) is 69.3 Å². The van der Waals surface area contributed by atoms with E-state index in [1.54, 1.807) is 26.4 Å². The number of nitrogens with zero attached hydrogens (tertiary/aromatic N) is 1. The number of fused-ring (bicyclic) bond motifs is 1. The summed E-state index contributed by atoms with van der Waals surface area (Å²) in [6, 6.07) is 10.1. The molecule has 0 bridgehead atoms. The molecule has 0 aromatic heterocycles. The van der Waals surface area contributed by atoms with Crippen LogP contribution in [0.3, 0.4) is 0 Å². The van der Waals surface area contributed by atoms with Crippen LogP contribution >= 0.6 is 0 Å². The van der Waals surface area contributed by atoms with Gasteiger partial charge in [0.1, 0.15) is 25.3 Å². The second-order valence-corrected chi connectivity index (χ2v) is 9.66. The molecule has 1 saturated heterocycles. The second-order valence-electron chi connectivity index (χ2n) is 9.66. The number of ketones is 1. The highest BCUT2D eigenvalue weighted by Crippen LogP contribution is 2.38. The van der Waals surface area contributed by atoms with Crippen molar-refractivity contribution in [2.24, 2.45) is 5.92 Å². The van der Waals surface area contributed by atoms with E-state index in [1.807, 2.05) is 23.1 Å². The summed E-state index contributed by atoms with van der Waals surface area (Å²) in [5, 5.41) is 14.5. The number of halogens is 2. The maximum atomic E-state index is 13.5. The summed E-state index contributed by atoms with van der Waals surface area (Å²) in [7, 11) is 3.13. The Morgan fingerprint density at radius 3 is 2.50 bits per heavy atom. The average molecular weight is 533 g/mol. The van der Waals surface area contributed by atoms with Crippen LogP contribution in [0.15, 0.2) is 36.4 Å². The number of amides is 1. The number of rotatable bonds is 10. The van der Waals surface area contributed by atoms with Gasteiger partial charge in [0.15, 0.2) is 23.4 Å². The highest BCUT2D eigenvalue weighted by Gasteiger charge is 2.39. The number of ether oxygens (including phenoxy) is 3. The Bertz CT molecular complexity index is 1130. The van der Waals surface area contributed by atoms with Gasteiger partial charge < -0.3 is 29.5 Å². The fraction of sp³-hybridized carbons (Fsp3) is 0.500. The van der Waals surface area contributed by atoms with E-state index in [-0.39, 0.29) is 29.9 Å². The Kier molecular flexibility index (Phi) is 9.04. The van der Waals surface area contributed by atoms with Crippen LogP contribution in [0.1, 0.15) is 41.6 Å². The van der Waals surface area contributed by atoms with Crippen LogP contribution in [-0.2, 0) is 11.2 Å². The van der Waals surface area contributed by atoms with Crippen molar-refractivity contribution in [2.75, 3.05) is 39.0 Å². The highest BCUT2D eigenvalue weighted by atomic mass is 19.1. The first-order chi connectivity index (χ1) is 18.4. The summed E-state index contributed by atoms with van der Waals surface area (Å²) < 4.78 is 42.2. The number of hydrogen-bond donors (Lipinski definition) is 2. The monoisotopic (exact) mass is 532 g/mol. The number of piperidine rings is 1. The number of anilines is 1. The van der Waals surface area contributed by atoms with E-state index < -0.39 is 31.6 Å². The minimum absolute atomic E-state index is 0.0564. The third-order valence-corrected chi connectivity index (χ3v) is 7.23. The highest BCUT2D eigenvalue weighted by molar-refractivity contribution is 6.02. The summed E-state index contributed by atoms with van der Waals surface area (Å²) in [5.41, 5.74) is 1.81. The lowest BCUT2D eigenvalue weighted by atomic mass is 9.91. The Balaban J connectivity index is 1.62. The molecule has 206 valence electrons. The van der Waals surface area contributed by atoms with E-state index in [9.17, 15) is 23.5 Å². The maximum Gasteiger partial charge on any atom is 0.220 e. The Morgan fingerprint density at radius 2 is 1.84 bits per heavy atom. The summed E-state index contributed by atoms with van der Waals surface area (Å²) >= 11 is 0. The van der Waals surface area contributed by atoms with Crippen LogP contribution in [0.25, 0.3) is 0 Å². The first kappa shape index (κ1) is 27.6. The minimum Gasteiger partial charge on any atom is -0.493 e. The molecule has 8 nitrogen and oxygen atoms in total. The molecule has 1 amide bonds. The molecule has 0 spiro atoms. The Morgan fingerprint density at radius 1 is 1.08 bits per heavy atom. The van der Waals surface area contributed by atoms with E-state index in [0.29, 0.717) is 55.0 Å². The molecule has 38 heavy (non-hydrogen) atoms. The number of carbonyl (C=O) groups is 2. The van der Waals surface area contributed by atoms with Crippen molar-refractivity contribution in [3.63, 3.8) is 0 Å². The molecule has 0 saturated carbocycles. The standard InChI is InChI=1S/C28H34F2N2O6/c1-36-25-9-4-17(11-26(25)37-2)3-5-18-12-24(33)22-13-20(38-21(14-29)15-30)7-8-23(22)32(28(18)35)19-6-10-27(34)31-16-19/h4,7-9,11,13,18-19,21,28,35H,3,5-6,10,12,14-16H2,1-2H3,(H,31,34). The van der Waals surface area contributed by atoms with Crippen molar-refractivity contribution >= 4 is 17.4 Å². The number of methoxy groups -OCH3 is 2. The number of carbonyl (C=O) groups excluding carboxylic acids is 2. The van der Waals surface area contributed by atoms with E-state index in [0.717, 1.165) is 5.56 Å². The van der Waals surface area contributed by atoms with Crippen LogP contribution < -0.4 is 24.4 Å². The van der Waals surface area contributed by atoms with Crippen LogP contribution in [0.5, 0.6) is 17.2 Å². The average Bonchev–Trinajstić information content (AvgIpc) is 3.04. The Hall–Kier alpha value is -3.40. The van der Waals surface area contributed by atoms with Gasteiger partial charge >= 0.3 is 0 Å². The van der Waals surface area contributed by atoms with Crippen LogP contribution in [0.2, 0.25) is 0 Å². The summed E-state index contributed by atoms with van der Waals surface area (Å²) in [6.07, 6.45) is -0.233. The molecule has 3 atom stereocenters. The third-order valence-electron chi connectivity index (χ3n) is 7.23. The summed E-state index contributed by atoms with van der Waals surface area (Å²) in [5.74, 6) is 0.742. The van der Waals surface area contributed by atoms with Gasteiger partial charge in [-0.05, 0) is 55.2 Å². The van der Waals surface area contributed by atoms with E-state index >= 15 is 0 Å². The number of alkyl halides is 2. The van der Waals surface area contributed by atoms with Crippen molar-refractivity contribution in [3.05, 3.63) is 47.5 Å². The second kappa shape index (κ2) is 12.4. The maximum absolute atomic E-state index is 13.5. The normalized spacial score (nSPS) is 21.5. The molecular weight excluding hydrogens is 498 g/mol. The number of aryl methyl sites for hydroxylation is 1.